The molecule has 7 nitrogen and oxygen atoms in total. The lowest BCUT2D eigenvalue weighted by Gasteiger charge is -2.11. The predicted molar refractivity (Wildman–Crippen MR) is 131 cm³/mol. The Hall–Kier alpha value is -3.49. The van der Waals surface area contributed by atoms with Gasteiger partial charge in [0.1, 0.15) is 11.5 Å². The van der Waals surface area contributed by atoms with Crippen LogP contribution in [0.3, 0.4) is 0 Å². The third-order valence-corrected chi connectivity index (χ3v) is 5.90. The van der Waals surface area contributed by atoms with Crippen molar-refractivity contribution >= 4 is 35.0 Å². The van der Waals surface area contributed by atoms with E-state index in [-0.39, 0.29) is 11.7 Å². The quantitative estimate of drug-likeness (QED) is 0.343. The fourth-order valence-electron chi connectivity index (χ4n) is 3.17. The molecule has 0 unspecified atom stereocenters. The van der Waals surface area contributed by atoms with E-state index in [4.69, 9.17) is 21.1 Å². The van der Waals surface area contributed by atoms with E-state index in [0.717, 1.165) is 11.3 Å². The number of aromatic nitrogens is 3. The lowest BCUT2D eigenvalue weighted by Crippen LogP contribution is -2.14. The molecule has 1 heterocycles. The maximum Gasteiger partial charge on any atom is 0.234 e. The number of benzene rings is 3. The summed E-state index contributed by atoms with van der Waals surface area (Å²) in [6.45, 7) is 0. The number of anilines is 1. The normalized spacial score (nSPS) is 10.6. The van der Waals surface area contributed by atoms with Crippen LogP contribution < -0.4 is 14.8 Å². The third kappa shape index (κ3) is 5.47. The molecule has 9 heteroatoms. The summed E-state index contributed by atoms with van der Waals surface area (Å²) in [7, 11) is 3.12. The second kappa shape index (κ2) is 10.4. The summed E-state index contributed by atoms with van der Waals surface area (Å²) >= 11 is 7.34. The van der Waals surface area contributed by atoms with E-state index in [0.29, 0.717) is 33.2 Å². The highest BCUT2D eigenvalue weighted by atomic mass is 35.5. The van der Waals surface area contributed by atoms with Gasteiger partial charge in [-0.15, -0.1) is 10.2 Å². The monoisotopic (exact) mass is 480 g/mol. The zero-order valence-corrected chi connectivity index (χ0v) is 19.6. The molecule has 4 rings (SSSR count). The number of nitrogens with one attached hydrogen (secondary N) is 1. The summed E-state index contributed by atoms with van der Waals surface area (Å²) in [6.07, 6.45) is 0. The molecule has 0 saturated heterocycles. The number of carbonyl (C=O) groups is 1. The molecular formula is C24H21ClN4O3S. The van der Waals surface area contributed by atoms with E-state index >= 15 is 0 Å². The molecule has 0 aliphatic carbocycles. The summed E-state index contributed by atoms with van der Waals surface area (Å²) in [4.78, 5) is 12.7. The molecule has 0 aliphatic rings. The van der Waals surface area contributed by atoms with E-state index < -0.39 is 0 Å². The van der Waals surface area contributed by atoms with Crippen molar-refractivity contribution in [2.45, 2.75) is 5.16 Å². The molecule has 0 bridgehead atoms. The number of hydrogen-bond acceptors (Lipinski definition) is 6. The van der Waals surface area contributed by atoms with Gasteiger partial charge in [-0.3, -0.25) is 9.36 Å². The van der Waals surface area contributed by atoms with E-state index in [1.807, 2.05) is 59.2 Å². The topological polar surface area (TPSA) is 78.3 Å². The second-order valence-corrected chi connectivity index (χ2v) is 8.30. The maximum atomic E-state index is 12.7. The van der Waals surface area contributed by atoms with Crippen LogP contribution >= 0.6 is 23.4 Å². The predicted octanol–water partition coefficient (Wildman–Crippen LogP) is 5.34. The number of para-hydroxylation sites is 1. The molecule has 1 aromatic heterocycles. The molecule has 0 aliphatic heterocycles. The molecule has 0 radical (unpaired) electrons. The molecular weight excluding hydrogens is 460 g/mol. The molecule has 1 N–H and O–H groups in total. The van der Waals surface area contributed by atoms with Crippen LogP contribution in [0.25, 0.3) is 17.1 Å². The van der Waals surface area contributed by atoms with Crippen LogP contribution in [-0.2, 0) is 4.79 Å². The zero-order chi connectivity index (χ0) is 23.2. The van der Waals surface area contributed by atoms with Crippen LogP contribution in [-0.4, -0.2) is 40.6 Å². The molecule has 1 amide bonds. The van der Waals surface area contributed by atoms with Crippen molar-refractivity contribution in [3.8, 4) is 28.6 Å². The number of methoxy groups -OCH3 is 2. The van der Waals surface area contributed by atoms with Crippen LogP contribution in [0.1, 0.15) is 0 Å². The number of carbonyl (C=O) groups excluding carboxylic acids is 1. The molecule has 3 aromatic carbocycles. The molecule has 4 aromatic rings. The van der Waals surface area contributed by atoms with Crippen molar-refractivity contribution in [2.24, 2.45) is 0 Å². The second-order valence-electron chi connectivity index (χ2n) is 6.92. The van der Waals surface area contributed by atoms with Crippen molar-refractivity contribution in [1.29, 1.82) is 0 Å². The first-order valence-corrected chi connectivity index (χ1v) is 11.4. The third-order valence-electron chi connectivity index (χ3n) is 4.72. The SMILES string of the molecule is COc1cc(NC(=O)CSc2nnc(-c3ccc(Cl)cc3)n2-c2ccccc2)cc(OC)c1. The summed E-state index contributed by atoms with van der Waals surface area (Å²) < 4.78 is 12.4. The summed E-state index contributed by atoms with van der Waals surface area (Å²) in [5, 5.41) is 12.9. The Morgan fingerprint density at radius 1 is 0.970 bits per heavy atom. The van der Waals surface area contributed by atoms with Crippen molar-refractivity contribution in [1.82, 2.24) is 14.8 Å². The van der Waals surface area contributed by atoms with Crippen molar-refractivity contribution in [3.05, 3.63) is 77.8 Å². The first-order chi connectivity index (χ1) is 16.1. The smallest absolute Gasteiger partial charge is 0.234 e. The first kappa shape index (κ1) is 22.7. The van der Waals surface area contributed by atoms with Gasteiger partial charge in [0.15, 0.2) is 11.0 Å². The number of thioether (sulfide) groups is 1. The molecule has 33 heavy (non-hydrogen) atoms. The van der Waals surface area contributed by atoms with Gasteiger partial charge >= 0.3 is 0 Å². The standard InChI is InChI=1S/C24H21ClN4O3S/c1-31-20-12-18(13-21(14-20)32-2)26-22(30)15-33-24-28-27-23(16-8-10-17(25)11-9-16)29(24)19-6-4-3-5-7-19/h3-14H,15H2,1-2H3,(H,26,30). The first-order valence-electron chi connectivity index (χ1n) is 10.00. The largest absolute Gasteiger partial charge is 0.497 e. The highest BCUT2D eigenvalue weighted by molar-refractivity contribution is 7.99. The van der Waals surface area contributed by atoms with Gasteiger partial charge in [-0.25, -0.2) is 0 Å². The van der Waals surface area contributed by atoms with Gasteiger partial charge in [0, 0.05) is 40.2 Å². The Balaban J connectivity index is 1.56. The summed E-state index contributed by atoms with van der Waals surface area (Å²) in [6, 6.07) is 22.4. The number of halogens is 1. The van der Waals surface area contributed by atoms with Gasteiger partial charge in [0.05, 0.1) is 20.0 Å². The van der Waals surface area contributed by atoms with E-state index in [1.54, 1.807) is 32.4 Å². The lowest BCUT2D eigenvalue weighted by molar-refractivity contribution is -0.113. The molecule has 0 spiro atoms. The van der Waals surface area contributed by atoms with Crippen LogP contribution in [0, 0.1) is 0 Å². The highest BCUT2D eigenvalue weighted by Gasteiger charge is 2.17. The number of hydrogen-bond donors (Lipinski definition) is 1. The number of amides is 1. The Morgan fingerprint density at radius 3 is 2.27 bits per heavy atom. The minimum atomic E-state index is -0.189. The number of ether oxygens (including phenoxy) is 2. The van der Waals surface area contributed by atoms with Gasteiger partial charge in [-0.2, -0.15) is 0 Å². The highest BCUT2D eigenvalue weighted by Crippen LogP contribution is 2.29. The Labute approximate surface area is 200 Å². The van der Waals surface area contributed by atoms with E-state index in [1.165, 1.54) is 11.8 Å². The van der Waals surface area contributed by atoms with Crippen molar-refractivity contribution in [2.75, 3.05) is 25.3 Å². The van der Waals surface area contributed by atoms with E-state index in [9.17, 15) is 4.79 Å². The van der Waals surface area contributed by atoms with Crippen LogP contribution in [0.15, 0.2) is 78.0 Å². The molecule has 0 fully saturated rings. The van der Waals surface area contributed by atoms with Gasteiger partial charge in [-0.1, -0.05) is 41.6 Å². The van der Waals surface area contributed by atoms with Gasteiger partial charge < -0.3 is 14.8 Å². The fraction of sp³-hybridized carbons (Fsp3) is 0.125. The average Bonchev–Trinajstić information content (AvgIpc) is 3.27. The van der Waals surface area contributed by atoms with Crippen LogP contribution in [0.5, 0.6) is 11.5 Å². The molecule has 168 valence electrons. The summed E-state index contributed by atoms with van der Waals surface area (Å²) in [5.41, 5.74) is 2.35. The van der Waals surface area contributed by atoms with Crippen LogP contribution in [0.4, 0.5) is 5.69 Å². The fourth-order valence-corrected chi connectivity index (χ4v) is 4.04. The minimum absolute atomic E-state index is 0.144. The zero-order valence-electron chi connectivity index (χ0n) is 18.0. The van der Waals surface area contributed by atoms with Crippen LogP contribution in [0.2, 0.25) is 5.02 Å². The van der Waals surface area contributed by atoms with E-state index in [2.05, 4.69) is 15.5 Å². The van der Waals surface area contributed by atoms with Gasteiger partial charge in [0.25, 0.3) is 0 Å². The van der Waals surface area contributed by atoms with Gasteiger partial charge in [0.2, 0.25) is 5.91 Å². The molecule has 0 atom stereocenters. The minimum Gasteiger partial charge on any atom is -0.497 e. The average molecular weight is 481 g/mol. The Kier molecular flexibility index (Phi) is 7.16. The summed E-state index contributed by atoms with van der Waals surface area (Å²) in [5.74, 6) is 1.80. The molecule has 0 saturated carbocycles. The van der Waals surface area contributed by atoms with Crippen molar-refractivity contribution < 1.29 is 14.3 Å². The Bertz CT molecular complexity index is 1220. The number of nitrogens with zero attached hydrogens (tertiary/aromatic N) is 3. The Morgan fingerprint density at radius 2 is 1.64 bits per heavy atom. The van der Waals surface area contributed by atoms with Gasteiger partial charge in [-0.05, 0) is 36.4 Å². The maximum absolute atomic E-state index is 12.7. The number of rotatable bonds is 8. The van der Waals surface area contributed by atoms with Crippen molar-refractivity contribution in [3.63, 3.8) is 0 Å². The lowest BCUT2D eigenvalue weighted by atomic mass is 10.2.